The van der Waals surface area contributed by atoms with Gasteiger partial charge < -0.3 is 0 Å². The molecule has 3 rings (SSSR count). The van der Waals surface area contributed by atoms with Crippen molar-refractivity contribution in [3.05, 3.63) is 45.6 Å². The van der Waals surface area contributed by atoms with Crippen molar-refractivity contribution < 1.29 is 0 Å². The molecule has 0 N–H and O–H groups in total. The van der Waals surface area contributed by atoms with E-state index in [0.717, 1.165) is 28.2 Å². The minimum atomic E-state index is 0.487. The summed E-state index contributed by atoms with van der Waals surface area (Å²) in [7, 11) is 0. The highest BCUT2D eigenvalue weighted by atomic mass is 35.5. The van der Waals surface area contributed by atoms with E-state index in [1.165, 1.54) is 11.1 Å². The second-order valence-electron chi connectivity index (χ2n) is 5.05. The molecule has 2 aromatic heterocycles. The molecule has 2 heterocycles. The molecule has 0 aliphatic heterocycles. The maximum atomic E-state index is 6.19. The summed E-state index contributed by atoms with van der Waals surface area (Å²) in [5, 5.41) is 13.4. The summed E-state index contributed by atoms with van der Waals surface area (Å²) >= 11 is 6.19. The number of nitrogens with zero attached hydrogens (tertiary/aromatic N) is 4. The summed E-state index contributed by atoms with van der Waals surface area (Å²) in [6.07, 6.45) is 0. The van der Waals surface area contributed by atoms with Crippen LogP contribution in [0.3, 0.4) is 0 Å². The number of benzene rings is 1. The van der Waals surface area contributed by atoms with Crippen molar-refractivity contribution in [2.24, 2.45) is 0 Å². The van der Waals surface area contributed by atoms with Gasteiger partial charge in [-0.05, 0) is 44.4 Å². The third-order valence-corrected chi connectivity index (χ3v) is 4.24. The zero-order valence-corrected chi connectivity index (χ0v) is 12.7. The summed E-state index contributed by atoms with van der Waals surface area (Å²) < 4.78 is 1.73. The highest BCUT2D eigenvalue weighted by molar-refractivity contribution is 6.30. The molecule has 0 fully saturated rings. The third kappa shape index (κ3) is 1.79. The average Bonchev–Trinajstić information content (AvgIpc) is 2.83. The molecule has 0 radical (unpaired) electrons. The first-order valence-corrected chi connectivity index (χ1v) is 6.83. The van der Waals surface area contributed by atoms with E-state index in [4.69, 9.17) is 11.6 Å². The smallest absolute Gasteiger partial charge is 0.185 e. The van der Waals surface area contributed by atoms with E-state index in [2.05, 4.69) is 35.2 Å². The van der Waals surface area contributed by atoms with E-state index in [0.29, 0.717) is 5.15 Å². The Kier molecular flexibility index (Phi) is 2.98. The van der Waals surface area contributed by atoms with Crippen LogP contribution >= 0.6 is 11.6 Å². The standard InChI is InChI=1S/C15H15ClN4/c1-8-6-5-7-12(9(8)2)15-18-17-14-11(4)10(3)13(16)19-20(14)15/h5-7H,1-4H3. The Hall–Kier alpha value is -1.94. The number of halogens is 1. The number of hydrogen-bond donors (Lipinski definition) is 0. The number of aromatic nitrogens is 4. The minimum absolute atomic E-state index is 0.487. The highest BCUT2D eigenvalue weighted by Gasteiger charge is 2.16. The van der Waals surface area contributed by atoms with Gasteiger partial charge in [-0.25, -0.2) is 0 Å². The van der Waals surface area contributed by atoms with Crippen LogP contribution in [0.2, 0.25) is 5.15 Å². The summed E-state index contributed by atoms with van der Waals surface area (Å²) in [6, 6.07) is 6.13. The number of fused-ring (bicyclic) bond motifs is 1. The molecule has 0 unspecified atom stereocenters. The van der Waals surface area contributed by atoms with Gasteiger partial charge >= 0.3 is 0 Å². The predicted molar refractivity (Wildman–Crippen MR) is 80.2 cm³/mol. The molecule has 0 aliphatic carbocycles. The van der Waals surface area contributed by atoms with Gasteiger partial charge in [0.25, 0.3) is 0 Å². The van der Waals surface area contributed by atoms with Crippen LogP contribution in [0.15, 0.2) is 18.2 Å². The molecular formula is C15H15ClN4. The molecule has 5 heteroatoms. The van der Waals surface area contributed by atoms with E-state index < -0.39 is 0 Å². The molecule has 0 saturated carbocycles. The Bertz CT molecular complexity index is 820. The first-order chi connectivity index (χ1) is 9.50. The average molecular weight is 287 g/mol. The molecule has 0 bridgehead atoms. The molecule has 0 saturated heterocycles. The van der Waals surface area contributed by atoms with Gasteiger partial charge in [0.15, 0.2) is 16.6 Å². The SMILES string of the molecule is Cc1cccc(-c2nnc3c(C)c(C)c(Cl)nn23)c1C. The van der Waals surface area contributed by atoms with Crippen LogP contribution < -0.4 is 0 Å². The molecule has 102 valence electrons. The highest BCUT2D eigenvalue weighted by Crippen LogP contribution is 2.26. The molecule has 20 heavy (non-hydrogen) atoms. The van der Waals surface area contributed by atoms with Gasteiger partial charge in [0.1, 0.15) is 0 Å². The maximum absolute atomic E-state index is 6.19. The van der Waals surface area contributed by atoms with E-state index in [9.17, 15) is 0 Å². The van der Waals surface area contributed by atoms with Gasteiger partial charge in [-0.1, -0.05) is 29.8 Å². The molecule has 0 aliphatic rings. The van der Waals surface area contributed by atoms with Crippen LogP contribution in [0.4, 0.5) is 0 Å². The molecule has 4 nitrogen and oxygen atoms in total. The fourth-order valence-corrected chi connectivity index (χ4v) is 2.47. The van der Waals surface area contributed by atoms with E-state index >= 15 is 0 Å². The van der Waals surface area contributed by atoms with Gasteiger partial charge in [0, 0.05) is 11.1 Å². The predicted octanol–water partition coefficient (Wildman–Crippen LogP) is 3.68. The second-order valence-corrected chi connectivity index (χ2v) is 5.41. The first kappa shape index (κ1) is 13.1. The van der Waals surface area contributed by atoms with Gasteiger partial charge in [0.05, 0.1) is 0 Å². The van der Waals surface area contributed by atoms with Gasteiger partial charge in [-0.2, -0.15) is 9.61 Å². The van der Waals surface area contributed by atoms with E-state index in [1.54, 1.807) is 4.52 Å². The van der Waals surface area contributed by atoms with Crippen LogP contribution in [-0.4, -0.2) is 19.8 Å². The molecule has 0 atom stereocenters. The van der Waals surface area contributed by atoms with Crippen molar-refractivity contribution in [1.82, 2.24) is 19.8 Å². The number of rotatable bonds is 1. The Morgan fingerprint density at radius 2 is 1.70 bits per heavy atom. The lowest BCUT2D eigenvalue weighted by Gasteiger charge is -2.08. The molecule has 0 spiro atoms. The lowest BCUT2D eigenvalue weighted by atomic mass is 10.0. The summed E-state index contributed by atoms with van der Waals surface area (Å²) in [5.41, 5.74) is 6.13. The number of hydrogen-bond acceptors (Lipinski definition) is 3. The topological polar surface area (TPSA) is 43.1 Å². The van der Waals surface area contributed by atoms with Crippen molar-refractivity contribution in [3.63, 3.8) is 0 Å². The zero-order chi connectivity index (χ0) is 14.4. The van der Waals surface area contributed by atoms with Crippen LogP contribution in [0.25, 0.3) is 17.0 Å². The van der Waals surface area contributed by atoms with Crippen molar-refractivity contribution in [2.75, 3.05) is 0 Å². The monoisotopic (exact) mass is 286 g/mol. The van der Waals surface area contributed by atoms with Crippen LogP contribution in [0.5, 0.6) is 0 Å². The van der Waals surface area contributed by atoms with Crippen LogP contribution in [-0.2, 0) is 0 Å². The maximum Gasteiger partial charge on any atom is 0.185 e. The fourth-order valence-electron chi connectivity index (χ4n) is 2.25. The van der Waals surface area contributed by atoms with Crippen LogP contribution in [0, 0.1) is 27.7 Å². The van der Waals surface area contributed by atoms with Gasteiger partial charge in [-0.3, -0.25) is 0 Å². The van der Waals surface area contributed by atoms with Crippen molar-refractivity contribution in [3.8, 4) is 11.4 Å². The lowest BCUT2D eigenvalue weighted by Crippen LogP contribution is -2.01. The Morgan fingerprint density at radius 1 is 0.950 bits per heavy atom. The summed E-state index contributed by atoms with van der Waals surface area (Å²) in [4.78, 5) is 0. The Morgan fingerprint density at radius 3 is 2.45 bits per heavy atom. The van der Waals surface area contributed by atoms with Gasteiger partial charge in [-0.15, -0.1) is 10.2 Å². The zero-order valence-electron chi connectivity index (χ0n) is 11.9. The van der Waals surface area contributed by atoms with E-state index in [1.807, 2.05) is 26.0 Å². The summed E-state index contributed by atoms with van der Waals surface area (Å²) in [6.45, 7) is 8.09. The van der Waals surface area contributed by atoms with Crippen molar-refractivity contribution in [1.29, 1.82) is 0 Å². The number of aryl methyl sites for hydroxylation is 2. The Labute approximate surface area is 122 Å². The van der Waals surface area contributed by atoms with E-state index in [-0.39, 0.29) is 0 Å². The largest absolute Gasteiger partial charge is 0.191 e. The normalized spacial score (nSPS) is 11.2. The Balaban J connectivity index is 2.36. The molecule has 3 aromatic rings. The van der Waals surface area contributed by atoms with Crippen molar-refractivity contribution >= 4 is 17.2 Å². The molecular weight excluding hydrogens is 272 g/mol. The summed E-state index contributed by atoms with van der Waals surface area (Å²) in [5.74, 6) is 0.728. The lowest BCUT2D eigenvalue weighted by molar-refractivity contribution is 0.917. The first-order valence-electron chi connectivity index (χ1n) is 6.45. The second kappa shape index (κ2) is 4.56. The molecule has 1 aromatic carbocycles. The minimum Gasteiger partial charge on any atom is -0.191 e. The third-order valence-electron chi connectivity index (χ3n) is 3.88. The van der Waals surface area contributed by atoms with Gasteiger partial charge in [0.2, 0.25) is 0 Å². The quantitative estimate of drug-likeness (QED) is 0.685. The van der Waals surface area contributed by atoms with Crippen LogP contribution in [0.1, 0.15) is 22.3 Å². The molecule has 0 amide bonds. The van der Waals surface area contributed by atoms with Crippen molar-refractivity contribution in [2.45, 2.75) is 27.7 Å². The fraction of sp³-hybridized carbons (Fsp3) is 0.267.